The molecule has 1 aliphatic heterocycles. The van der Waals surface area contributed by atoms with Crippen LogP contribution in [0.1, 0.15) is 42.5 Å². The van der Waals surface area contributed by atoms with E-state index >= 15 is 0 Å². The van der Waals surface area contributed by atoms with Crippen molar-refractivity contribution in [2.45, 2.75) is 52.1 Å². The zero-order valence-corrected chi connectivity index (χ0v) is 20.3. The normalized spacial score (nSPS) is 19.4. The second-order valence-corrected chi connectivity index (χ2v) is 9.64. The number of hydrogen-bond acceptors (Lipinski definition) is 3. The molecule has 0 unspecified atom stereocenters. The van der Waals surface area contributed by atoms with Gasteiger partial charge in [-0.1, -0.05) is 55.8 Å². The summed E-state index contributed by atoms with van der Waals surface area (Å²) in [6, 6.07) is 15.4. The highest BCUT2D eigenvalue weighted by atomic mass is 35.5. The Balaban J connectivity index is 1.30. The largest absolute Gasteiger partial charge is 0.337 e. The first-order valence-electron chi connectivity index (χ1n) is 12.1. The second-order valence-electron chi connectivity index (χ2n) is 9.20. The van der Waals surface area contributed by atoms with Gasteiger partial charge < -0.3 is 4.90 Å². The first-order valence-corrected chi connectivity index (χ1v) is 12.5. The summed E-state index contributed by atoms with van der Waals surface area (Å²) in [6.07, 6.45) is 4.08. The maximum atomic E-state index is 13.0. The summed E-state index contributed by atoms with van der Waals surface area (Å²) in [6.45, 7) is 10.9. The number of carbonyl (C=O) groups is 1. The van der Waals surface area contributed by atoms with Crippen molar-refractivity contribution in [3.05, 3.63) is 69.7 Å². The molecule has 0 spiro atoms. The molecular formula is C27H36ClN3O. The van der Waals surface area contributed by atoms with Crippen molar-refractivity contribution >= 4 is 17.5 Å². The van der Waals surface area contributed by atoms with Crippen molar-refractivity contribution in [2.24, 2.45) is 0 Å². The van der Waals surface area contributed by atoms with E-state index in [-0.39, 0.29) is 5.91 Å². The minimum Gasteiger partial charge on any atom is -0.337 e. The van der Waals surface area contributed by atoms with Gasteiger partial charge in [0, 0.05) is 37.2 Å². The van der Waals surface area contributed by atoms with Crippen LogP contribution in [0.4, 0.5) is 0 Å². The van der Waals surface area contributed by atoms with Crippen molar-refractivity contribution in [1.82, 2.24) is 14.7 Å². The Morgan fingerprint density at radius 1 is 1.03 bits per heavy atom. The summed E-state index contributed by atoms with van der Waals surface area (Å²) >= 11 is 6.10. The summed E-state index contributed by atoms with van der Waals surface area (Å²) in [5, 5.41) is 0.779. The highest BCUT2D eigenvalue weighted by molar-refractivity contribution is 6.30. The van der Waals surface area contributed by atoms with Gasteiger partial charge >= 0.3 is 0 Å². The van der Waals surface area contributed by atoms with E-state index in [9.17, 15) is 4.79 Å². The van der Waals surface area contributed by atoms with Crippen LogP contribution in [0.2, 0.25) is 5.02 Å². The Kier molecular flexibility index (Phi) is 7.88. The number of nitrogens with zero attached hydrogens (tertiary/aromatic N) is 3. The van der Waals surface area contributed by atoms with E-state index < -0.39 is 0 Å². The predicted molar refractivity (Wildman–Crippen MR) is 132 cm³/mol. The number of fused-ring (bicyclic) bond motifs is 1. The smallest absolute Gasteiger partial charge is 0.237 e. The molecule has 1 heterocycles. The van der Waals surface area contributed by atoms with E-state index in [1.54, 1.807) is 0 Å². The Morgan fingerprint density at radius 3 is 2.62 bits per heavy atom. The number of rotatable bonds is 8. The van der Waals surface area contributed by atoms with Gasteiger partial charge in [-0.05, 0) is 73.2 Å². The molecule has 2 aliphatic rings. The zero-order valence-electron chi connectivity index (χ0n) is 19.5. The number of halogens is 1. The molecular weight excluding hydrogens is 418 g/mol. The Morgan fingerprint density at radius 2 is 1.88 bits per heavy atom. The summed E-state index contributed by atoms with van der Waals surface area (Å²) in [5.74, 6) is 0.286. The monoisotopic (exact) mass is 453 g/mol. The maximum absolute atomic E-state index is 13.0. The third-order valence-corrected chi connectivity index (χ3v) is 7.39. The molecule has 1 fully saturated rings. The predicted octanol–water partition coefficient (Wildman–Crippen LogP) is 4.43. The van der Waals surface area contributed by atoms with Crippen LogP contribution in [0.15, 0.2) is 42.5 Å². The molecule has 1 aliphatic carbocycles. The fraction of sp³-hybridized carbons (Fsp3) is 0.519. The van der Waals surface area contributed by atoms with Crippen LogP contribution in [0.5, 0.6) is 0 Å². The summed E-state index contributed by atoms with van der Waals surface area (Å²) in [7, 11) is 0. The van der Waals surface area contributed by atoms with Gasteiger partial charge in [0.15, 0.2) is 0 Å². The minimum absolute atomic E-state index is 0.286. The lowest BCUT2D eigenvalue weighted by Crippen LogP contribution is -2.55. The average Bonchev–Trinajstić information content (AvgIpc) is 2.81. The topological polar surface area (TPSA) is 26.8 Å². The van der Waals surface area contributed by atoms with E-state index in [4.69, 9.17) is 11.6 Å². The van der Waals surface area contributed by atoms with Gasteiger partial charge in [0.05, 0.1) is 6.54 Å². The third-order valence-electron chi connectivity index (χ3n) is 7.16. The van der Waals surface area contributed by atoms with Crippen molar-refractivity contribution in [2.75, 3.05) is 39.3 Å². The van der Waals surface area contributed by atoms with E-state index in [1.165, 1.54) is 22.3 Å². The van der Waals surface area contributed by atoms with Crippen LogP contribution >= 0.6 is 11.6 Å². The van der Waals surface area contributed by atoms with Gasteiger partial charge in [0.2, 0.25) is 5.91 Å². The molecule has 0 radical (unpaired) electrons. The number of amides is 1. The van der Waals surface area contributed by atoms with Gasteiger partial charge in [0.25, 0.3) is 0 Å². The lowest BCUT2D eigenvalue weighted by molar-refractivity contribution is -0.138. The Hall–Kier alpha value is -1.88. The summed E-state index contributed by atoms with van der Waals surface area (Å²) in [4.78, 5) is 19.9. The summed E-state index contributed by atoms with van der Waals surface area (Å²) in [5.41, 5.74) is 5.56. The molecule has 172 valence electrons. The molecule has 0 aromatic heterocycles. The molecule has 1 atom stereocenters. The van der Waals surface area contributed by atoms with Gasteiger partial charge in [0.1, 0.15) is 0 Å². The number of aryl methyl sites for hydroxylation is 1. The van der Waals surface area contributed by atoms with Crippen molar-refractivity contribution in [1.29, 1.82) is 0 Å². The third kappa shape index (κ3) is 5.72. The first-order chi connectivity index (χ1) is 15.6. The van der Waals surface area contributed by atoms with Gasteiger partial charge in [-0.3, -0.25) is 14.6 Å². The molecule has 4 rings (SSSR count). The van der Waals surface area contributed by atoms with Crippen molar-refractivity contribution in [3.8, 4) is 0 Å². The summed E-state index contributed by atoms with van der Waals surface area (Å²) < 4.78 is 0. The molecule has 32 heavy (non-hydrogen) atoms. The maximum Gasteiger partial charge on any atom is 0.237 e. The average molecular weight is 454 g/mol. The lowest BCUT2D eigenvalue weighted by Gasteiger charge is -2.41. The van der Waals surface area contributed by atoms with Gasteiger partial charge in [-0.25, -0.2) is 0 Å². The Bertz CT molecular complexity index is 927. The van der Waals surface area contributed by atoms with Gasteiger partial charge in [-0.15, -0.1) is 0 Å². The minimum atomic E-state index is 0.286. The highest BCUT2D eigenvalue weighted by Crippen LogP contribution is 2.27. The fourth-order valence-corrected chi connectivity index (χ4v) is 5.36. The van der Waals surface area contributed by atoms with E-state index in [2.05, 4.69) is 52.8 Å². The quantitative estimate of drug-likeness (QED) is 0.591. The van der Waals surface area contributed by atoms with Crippen LogP contribution in [-0.2, 0) is 30.6 Å². The molecule has 0 N–H and O–H groups in total. The van der Waals surface area contributed by atoms with Crippen LogP contribution in [-0.4, -0.2) is 65.9 Å². The van der Waals surface area contributed by atoms with Crippen molar-refractivity contribution < 1.29 is 4.79 Å². The first kappa shape index (κ1) is 23.3. The van der Waals surface area contributed by atoms with E-state index in [0.29, 0.717) is 12.6 Å². The van der Waals surface area contributed by atoms with Crippen LogP contribution in [0.3, 0.4) is 0 Å². The number of benzene rings is 2. The molecule has 2 aromatic carbocycles. The van der Waals surface area contributed by atoms with Gasteiger partial charge in [-0.2, -0.15) is 0 Å². The van der Waals surface area contributed by atoms with Crippen molar-refractivity contribution in [3.63, 3.8) is 0 Å². The second kappa shape index (κ2) is 10.8. The molecule has 0 bridgehead atoms. The van der Waals surface area contributed by atoms with Crippen LogP contribution in [0, 0.1) is 0 Å². The van der Waals surface area contributed by atoms with Crippen LogP contribution in [0.25, 0.3) is 0 Å². The molecule has 1 amide bonds. The number of hydrogen-bond donors (Lipinski definition) is 0. The number of piperazine rings is 1. The Labute approximate surface area is 198 Å². The molecule has 4 nitrogen and oxygen atoms in total. The molecule has 1 saturated heterocycles. The van der Waals surface area contributed by atoms with E-state index in [0.717, 1.165) is 70.0 Å². The lowest BCUT2D eigenvalue weighted by atomic mass is 9.86. The molecule has 5 heteroatoms. The highest BCUT2D eigenvalue weighted by Gasteiger charge is 2.31. The molecule has 0 saturated carbocycles. The fourth-order valence-electron chi connectivity index (χ4n) is 5.15. The standard InChI is InChI=1S/C27H36ClN3O/c1-3-29(4-2)19-22-8-9-24-18-26(11-10-23(24)16-22)31-15-14-30(20-27(31)32)13-12-21-6-5-7-25(28)17-21/h5-9,16-17,26H,3-4,10-15,18-20H2,1-2H3/t26-/m0/s1. The number of carbonyl (C=O) groups excluding carboxylic acids is 1. The van der Waals surface area contributed by atoms with Crippen LogP contribution < -0.4 is 0 Å². The zero-order chi connectivity index (χ0) is 22.5. The molecule has 2 aromatic rings. The SMILES string of the molecule is CCN(CC)Cc1ccc2c(c1)CC[C@H](N1CCN(CCc3cccc(Cl)c3)CC1=O)C2. The van der Waals surface area contributed by atoms with E-state index in [1.807, 2.05) is 18.2 Å².